The Bertz CT molecular complexity index is 623. The molecule has 0 aromatic heterocycles. The molecule has 25 heavy (non-hydrogen) atoms. The van der Waals surface area contributed by atoms with E-state index in [1.54, 1.807) is 19.0 Å². The smallest absolute Gasteiger partial charge is 0.253 e. The number of rotatable bonds is 3. The summed E-state index contributed by atoms with van der Waals surface area (Å²) in [6.07, 6.45) is 5.44. The average molecular weight is 456 g/mol. The zero-order chi connectivity index (χ0) is 17.2. The van der Waals surface area contributed by atoms with E-state index >= 15 is 0 Å². The first-order valence-electron chi connectivity index (χ1n) is 8.79. The number of guanidine groups is 1. The van der Waals surface area contributed by atoms with Gasteiger partial charge in [0.05, 0.1) is 0 Å². The zero-order valence-corrected chi connectivity index (χ0v) is 17.7. The topological polar surface area (TPSA) is 47.9 Å². The fraction of sp³-hybridized carbons (Fsp3) is 0.579. The van der Waals surface area contributed by atoms with Crippen molar-refractivity contribution in [3.63, 3.8) is 0 Å². The number of aliphatic imine (C=N–C) groups is 1. The van der Waals surface area contributed by atoms with E-state index in [2.05, 4.69) is 15.2 Å². The number of amides is 1. The maximum Gasteiger partial charge on any atom is 0.253 e. The van der Waals surface area contributed by atoms with Crippen LogP contribution in [0.2, 0.25) is 0 Å². The first-order valence-corrected chi connectivity index (χ1v) is 8.79. The van der Waals surface area contributed by atoms with Gasteiger partial charge in [-0.2, -0.15) is 0 Å². The molecule has 1 N–H and O–H groups in total. The van der Waals surface area contributed by atoms with Crippen molar-refractivity contribution in [1.29, 1.82) is 0 Å². The summed E-state index contributed by atoms with van der Waals surface area (Å²) >= 11 is 0. The fourth-order valence-electron chi connectivity index (χ4n) is 3.74. The van der Waals surface area contributed by atoms with Crippen LogP contribution in [0.15, 0.2) is 29.3 Å². The van der Waals surface area contributed by atoms with Gasteiger partial charge >= 0.3 is 0 Å². The Labute approximate surface area is 167 Å². The Kier molecular flexibility index (Phi) is 6.71. The molecule has 0 radical (unpaired) electrons. The highest BCUT2D eigenvalue weighted by atomic mass is 127. The van der Waals surface area contributed by atoms with E-state index in [9.17, 15) is 4.79 Å². The summed E-state index contributed by atoms with van der Waals surface area (Å²) in [4.78, 5) is 20.4. The van der Waals surface area contributed by atoms with Crippen LogP contribution in [-0.4, -0.2) is 55.9 Å². The standard InChI is InChI=1S/C19H28N4O.HI/c1-20-18(23-12-11-19(14-23)9-4-10-19)21-13-15-5-7-16(8-6-15)17(24)22(2)3;/h5-8H,4,9-14H2,1-3H3,(H,20,21);1H. The van der Waals surface area contributed by atoms with Gasteiger partial charge in [0.1, 0.15) is 0 Å². The van der Waals surface area contributed by atoms with Gasteiger partial charge in [-0.3, -0.25) is 9.79 Å². The number of hydrogen-bond acceptors (Lipinski definition) is 2. The SMILES string of the molecule is CN=C(NCc1ccc(C(=O)N(C)C)cc1)N1CCC2(CCC2)C1.I. The summed E-state index contributed by atoms with van der Waals surface area (Å²) in [7, 11) is 5.40. The van der Waals surface area contributed by atoms with Gasteiger partial charge in [-0.15, -0.1) is 24.0 Å². The van der Waals surface area contributed by atoms with Crippen molar-refractivity contribution in [2.24, 2.45) is 10.4 Å². The van der Waals surface area contributed by atoms with E-state index < -0.39 is 0 Å². The maximum absolute atomic E-state index is 11.9. The monoisotopic (exact) mass is 456 g/mol. The van der Waals surface area contributed by atoms with Crippen molar-refractivity contribution < 1.29 is 4.79 Å². The summed E-state index contributed by atoms with van der Waals surface area (Å²) in [6.45, 7) is 2.98. The van der Waals surface area contributed by atoms with E-state index in [-0.39, 0.29) is 29.9 Å². The second-order valence-corrected chi connectivity index (χ2v) is 7.32. The molecule has 1 aliphatic carbocycles. The second kappa shape index (κ2) is 8.38. The van der Waals surface area contributed by atoms with Gasteiger partial charge in [0.2, 0.25) is 0 Å². The number of carbonyl (C=O) groups is 1. The molecular formula is C19H29IN4O. The third kappa shape index (κ3) is 4.46. The Morgan fingerprint density at radius 3 is 2.40 bits per heavy atom. The molecule has 1 aliphatic heterocycles. The van der Waals surface area contributed by atoms with Crippen molar-refractivity contribution in [3.8, 4) is 0 Å². The Hall–Kier alpha value is -1.31. The van der Waals surface area contributed by atoms with Gasteiger partial charge < -0.3 is 15.1 Å². The molecule has 1 spiro atoms. The van der Waals surface area contributed by atoms with Gasteiger partial charge in [-0.25, -0.2) is 0 Å². The van der Waals surface area contributed by atoms with Crippen LogP contribution in [0, 0.1) is 5.41 Å². The molecule has 3 rings (SSSR count). The number of nitrogens with zero attached hydrogens (tertiary/aromatic N) is 3. The Morgan fingerprint density at radius 1 is 1.24 bits per heavy atom. The summed E-state index contributed by atoms with van der Waals surface area (Å²) in [6, 6.07) is 7.80. The highest BCUT2D eigenvalue weighted by molar-refractivity contribution is 14.0. The largest absolute Gasteiger partial charge is 0.352 e. The third-order valence-electron chi connectivity index (χ3n) is 5.42. The van der Waals surface area contributed by atoms with Crippen LogP contribution < -0.4 is 5.32 Å². The molecule has 2 aliphatic rings. The molecule has 1 saturated heterocycles. The number of likely N-dealkylation sites (tertiary alicyclic amines) is 1. The van der Waals surface area contributed by atoms with Crippen molar-refractivity contribution in [2.75, 3.05) is 34.2 Å². The molecule has 5 nitrogen and oxygen atoms in total. The van der Waals surface area contributed by atoms with Crippen LogP contribution in [0.1, 0.15) is 41.6 Å². The van der Waals surface area contributed by atoms with Crippen LogP contribution >= 0.6 is 24.0 Å². The molecule has 0 bridgehead atoms. The molecule has 2 fully saturated rings. The van der Waals surface area contributed by atoms with E-state index in [0.29, 0.717) is 5.41 Å². The molecule has 1 heterocycles. The van der Waals surface area contributed by atoms with Crippen LogP contribution in [0.4, 0.5) is 0 Å². The first-order chi connectivity index (χ1) is 11.5. The molecule has 1 aromatic rings. The Balaban J connectivity index is 0.00000225. The van der Waals surface area contributed by atoms with Crippen LogP contribution in [0.3, 0.4) is 0 Å². The third-order valence-corrected chi connectivity index (χ3v) is 5.42. The average Bonchev–Trinajstić information content (AvgIpc) is 3.01. The van der Waals surface area contributed by atoms with E-state index in [1.165, 1.54) is 25.7 Å². The molecule has 1 saturated carbocycles. The fourth-order valence-corrected chi connectivity index (χ4v) is 3.74. The molecule has 6 heteroatoms. The molecule has 0 atom stereocenters. The summed E-state index contributed by atoms with van der Waals surface area (Å²) in [5, 5.41) is 3.47. The van der Waals surface area contributed by atoms with E-state index in [0.717, 1.165) is 36.7 Å². The van der Waals surface area contributed by atoms with Crippen LogP contribution in [0.25, 0.3) is 0 Å². The lowest BCUT2D eigenvalue weighted by Gasteiger charge is -2.38. The highest BCUT2D eigenvalue weighted by Crippen LogP contribution is 2.47. The second-order valence-electron chi connectivity index (χ2n) is 7.32. The predicted octanol–water partition coefficient (Wildman–Crippen LogP) is 2.96. The predicted molar refractivity (Wildman–Crippen MR) is 113 cm³/mol. The lowest BCUT2D eigenvalue weighted by Crippen LogP contribution is -2.42. The summed E-state index contributed by atoms with van der Waals surface area (Å²) in [5.41, 5.74) is 2.45. The van der Waals surface area contributed by atoms with Crippen LogP contribution in [0.5, 0.6) is 0 Å². The van der Waals surface area contributed by atoms with Crippen molar-refractivity contribution in [2.45, 2.75) is 32.2 Å². The molecule has 1 aromatic carbocycles. The highest BCUT2D eigenvalue weighted by Gasteiger charge is 2.43. The lowest BCUT2D eigenvalue weighted by molar-refractivity contribution is 0.0827. The summed E-state index contributed by atoms with van der Waals surface area (Å²) in [5.74, 6) is 1.03. The van der Waals surface area contributed by atoms with E-state index in [1.807, 2.05) is 31.3 Å². The van der Waals surface area contributed by atoms with Gasteiger partial charge in [-0.05, 0) is 42.4 Å². The molecule has 138 valence electrons. The maximum atomic E-state index is 11.9. The number of halogens is 1. The van der Waals surface area contributed by atoms with Gasteiger partial charge in [0, 0.05) is 46.3 Å². The quantitative estimate of drug-likeness (QED) is 0.432. The van der Waals surface area contributed by atoms with Crippen LogP contribution in [-0.2, 0) is 6.54 Å². The van der Waals surface area contributed by atoms with Gasteiger partial charge in [-0.1, -0.05) is 18.6 Å². The molecular weight excluding hydrogens is 427 g/mol. The number of carbonyl (C=O) groups excluding carboxylic acids is 1. The lowest BCUT2D eigenvalue weighted by atomic mass is 9.68. The zero-order valence-electron chi connectivity index (χ0n) is 15.4. The molecule has 0 unspecified atom stereocenters. The van der Waals surface area contributed by atoms with Gasteiger partial charge in [0.15, 0.2) is 5.96 Å². The number of nitrogens with one attached hydrogen (secondary N) is 1. The Morgan fingerprint density at radius 2 is 1.92 bits per heavy atom. The normalized spacial score (nSPS) is 18.5. The number of hydrogen-bond donors (Lipinski definition) is 1. The van der Waals surface area contributed by atoms with Gasteiger partial charge in [0.25, 0.3) is 5.91 Å². The van der Waals surface area contributed by atoms with Crippen molar-refractivity contribution in [1.82, 2.24) is 15.1 Å². The minimum atomic E-state index is 0. The minimum absolute atomic E-state index is 0. The van der Waals surface area contributed by atoms with Crippen molar-refractivity contribution in [3.05, 3.63) is 35.4 Å². The number of benzene rings is 1. The first kappa shape index (κ1) is 20.0. The summed E-state index contributed by atoms with van der Waals surface area (Å²) < 4.78 is 0. The molecule has 1 amide bonds. The van der Waals surface area contributed by atoms with E-state index in [4.69, 9.17) is 0 Å². The minimum Gasteiger partial charge on any atom is -0.352 e. The van der Waals surface area contributed by atoms with Crippen molar-refractivity contribution >= 4 is 35.8 Å².